The van der Waals surface area contributed by atoms with Crippen molar-refractivity contribution in [2.75, 3.05) is 26.2 Å². The number of nitrogens with zero attached hydrogens (tertiary/aromatic N) is 3. The molecule has 1 aliphatic rings. The first-order valence-corrected chi connectivity index (χ1v) is 8.64. The summed E-state index contributed by atoms with van der Waals surface area (Å²) in [7, 11) is 0. The average molecular weight is 420 g/mol. The van der Waals surface area contributed by atoms with Crippen LogP contribution in [0.5, 0.6) is 5.88 Å². The Morgan fingerprint density at radius 2 is 2.21 bits per heavy atom. The van der Waals surface area contributed by atoms with Crippen LogP contribution in [-0.2, 0) is 6.18 Å². The van der Waals surface area contributed by atoms with E-state index < -0.39 is 23.5 Å². The van der Waals surface area contributed by atoms with Crippen LogP contribution in [0.25, 0.3) is 0 Å². The zero-order valence-electron chi connectivity index (χ0n) is 14.9. The highest BCUT2D eigenvalue weighted by atomic mass is 35.5. The number of nitrogens with one attached hydrogen (secondary N) is 2. The molecule has 0 saturated carbocycles. The van der Waals surface area contributed by atoms with Gasteiger partial charge in [-0.25, -0.2) is 4.98 Å². The fourth-order valence-electron chi connectivity index (χ4n) is 2.85. The van der Waals surface area contributed by atoms with Gasteiger partial charge in [0.2, 0.25) is 5.88 Å². The van der Waals surface area contributed by atoms with Crippen molar-refractivity contribution in [1.29, 1.82) is 0 Å². The van der Waals surface area contributed by atoms with Crippen LogP contribution in [0.1, 0.15) is 34.9 Å². The maximum absolute atomic E-state index is 12.9. The molecule has 0 aromatic carbocycles. The zero-order chi connectivity index (χ0) is 19.3. The summed E-state index contributed by atoms with van der Waals surface area (Å²) in [6.45, 7) is 1.68. The van der Waals surface area contributed by atoms with Crippen LogP contribution in [0.15, 0.2) is 30.6 Å². The Hall–Kier alpha value is -2.33. The minimum atomic E-state index is -4.55. The third-order valence-electron chi connectivity index (χ3n) is 4.19. The molecule has 28 heavy (non-hydrogen) atoms. The minimum absolute atomic E-state index is 0. The Morgan fingerprint density at radius 1 is 1.39 bits per heavy atom. The Kier molecular flexibility index (Phi) is 7.64. The SMILES string of the molecule is Cl.O=C(NCCOc1ncccc1C(F)(F)F)c1ccn(C2CCCNC2)n1. The zero-order valence-corrected chi connectivity index (χ0v) is 15.7. The van der Waals surface area contributed by atoms with E-state index in [2.05, 4.69) is 20.7 Å². The van der Waals surface area contributed by atoms with E-state index >= 15 is 0 Å². The molecule has 1 amide bonds. The number of carbonyl (C=O) groups excluding carboxylic acids is 1. The van der Waals surface area contributed by atoms with Gasteiger partial charge in [0.05, 0.1) is 12.6 Å². The normalized spacial score (nSPS) is 16.9. The smallest absolute Gasteiger partial charge is 0.421 e. The van der Waals surface area contributed by atoms with Crippen molar-refractivity contribution < 1.29 is 22.7 Å². The number of carbonyl (C=O) groups is 1. The maximum Gasteiger partial charge on any atom is 0.421 e. The second kappa shape index (κ2) is 9.74. The number of hydrogen-bond donors (Lipinski definition) is 2. The highest BCUT2D eigenvalue weighted by Crippen LogP contribution is 2.34. The van der Waals surface area contributed by atoms with E-state index in [1.807, 2.05) is 0 Å². The molecule has 3 heterocycles. The molecule has 0 spiro atoms. The van der Waals surface area contributed by atoms with Gasteiger partial charge in [-0.05, 0) is 37.6 Å². The first-order valence-electron chi connectivity index (χ1n) is 8.64. The molecule has 3 rings (SSSR count). The lowest BCUT2D eigenvalue weighted by Crippen LogP contribution is -2.32. The van der Waals surface area contributed by atoms with Crippen molar-refractivity contribution in [2.45, 2.75) is 25.1 Å². The largest absolute Gasteiger partial charge is 0.475 e. The van der Waals surface area contributed by atoms with Crippen LogP contribution in [0.3, 0.4) is 0 Å². The van der Waals surface area contributed by atoms with E-state index in [1.165, 1.54) is 12.3 Å². The van der Waals surface area contributed by atoms with E-state index in [4.69, 9.17) is 4.74 Å². The number of piperidine rings is 1. The third-order valence-corrected chi connectivity index (χ3v) is 4.19. The summed E-state index contributed by atoms with van der Waals surface area (Å²) in [5.41, 5.74) is -0.689. The monoisotopic (exact) mass is 419 g/mol. The van der Waals surface area contributed by atoms with Gasteiger partial charge in [-0.3, -0.25) is 9.48 Å². The Bertz CT molecular complexity index is 778. The van der Waals surface area contributed by atoms with Crippen LogP contribution >= 0.6 is 12.4 Å². The van der Waals surface area contributed by atoms with Gasteiger partial charge >= 0.3 is 6.18 Å². The predicted molar refractivity (Wildman–Crippen MR) is 97.7 cm³/mol. The average Bonchev–Trinajstić information content (AvgIpc) is 3.16. The molecule has 1 unspecified atom stereocenters. The fourth-order valence-corrected chi connectivity index (χ4v) is 2.85. The molecule has 1 fully saturated rings. The van der Waals surface area contributed by atoms with Crippen molar-refractivity contribution in [3.05, 3.63) is 41.9 Å². The summed E-state index contributed by atoms with van der Waals surface area (Å²) in [4.78, 5) is 15.7. The molecule has 1 atom stereocenters. The summed E-state index contributed by atoms with van der Waals surface area (Å²) < 4.78 is 45.4. The summed E-state index contributed by atoms with van der Waals surface area (Å²) in [6.07, 6.45) is 0.474. The molecule has 7 nitrogen and oxygen atoms in total. The van der Waals surface area contributed by atoms with Gasteiger partial charge in [0, 0.05) is 18.9 Å². The topological polar surface area (TPSA) is 81.1 Å². The van der Waals surface area contributed by atoms with E-state index in [-0.39, 0.29) is 37.3 Å². The van der Waals surface area contributed by atoms with Crippen LogP contribution in [0, 0.1) is 0 Å². The van der Waals surface area contributed by atoms with Crippen LogP contribution < -0.4 is 15.4 Å². The first kappa shape index (κ1) is 22.0. The number of pyridine rings is 1. The Morgan fingerprint density at radius 3 is 2.93 bits per heavy atom. The number of amides is 1. The Balaban J connectivity index is 0.00000280. The van der Waals surface area contributed by atoms with Gasteiger partial charge in [0.1, 0.15) is 17.9 Å². The summed E-state index contributed by atoms with van der Waals surface area (Å²) >= 11 is 0. The molecule has 2 aromatic rings. The molecular weight excluding hydrogens is 399 g/mol. The van der Waals surface area contributed by atoms with Crippen molar-refractivity contribution >= 4 is 18.3 Å². The van der Waals surface area contributed by atoms with E-state index in [0.29, 0.717) is 0 Å². The number of ether oxygens (including phenoxy) is 1. The number of halogens is 4. The Labute approximate surface area is 166 Å². The molecule has 1 aliphatic heterocycles. The van der Waals surface area contributed by atoms with Crippen molar-refractivity contribution in [1.82, 2.24) is 25.4 Å². The highest BCUT2D eigenvalue weighted by molar-refractivity contribution is 5.92. The van der Waals surface area contributed by atoms with Crippen molar-refractivity contribution in [2.24, 2.45) is 0 Å². The van der Waals surface area contributed by atoms with Crippen molar-refractivity contribution in [3.63, 3.8) is 0 Å². The lowest BCUT2D eigenvalue weighted by molar-refractivity contribution is -0.139. The lowest BCUT2D eigenvalue weighted by atomic mass is 10.1. The first-order chi connectivity index (χ1) is 12.9. The van der Waals surface area contributed by atoms with Crippen LogP contribution in [0.4, 0.5) is 13.2 Å². The second-order valence-corrected chi connectivity index (χ2v) is 6.14. The van der Waals surface area contributed by atoms with Gasteiger partial charge in [0.25, 0.3) is 5.91 Å². The predicted octanol–water partition coefficient (Wildman–Crippen LogP) is 2.45. The molecule has 0 aliphatic carbocycles. The van der Waals surface area contributed by atoms with Gasteiger partial charge in [-0.1, -0.05) is 0 Å². The summed E-state index contributed by atoms with van der Waals surface area (Å²) in [5, 5.41) is 10.1. The molecule has 154 valence electrons. The van der Waals surface area contributed by atoms with E-state index in [1.54, 1.807) is 16.9 Å². The summed E-state index contributed by atoms with van der Waals surface area (Å²) in [5.74, 6) is -0.911. The molecular formula is C17H21ClF3N5O2. The second-order valence-electron chi connectivity index (χ2n) is 6.14. The highest BCUT2D eigenvalue weighted by Gasteiger charge is 2.35. The van der Waals surface area contributed by atoms with Crippen molar-refractivity contribution in [3.8, 4) is 5.88 Å². The lowest BCUT2D eigenvalue weighted by Gasteiger charge is -2.22. The molecule has 11 heteroatoms. The number of alkyl halides is 3. The van der Waals surface area contributed by atoms with Gasteiger partial charge in [0.15, 0.2) is 0 Å². The number of hydrogen-bond acceptors (Lipinski definition) is 5. The molecule has 0 radical (unpaired) electrons. The van der Waals surface area contributed by atoms with Crippen LogP contribution in [0.2, 0.25) is 0 Å². The quantitative estimate of drug-likeness (QED) is 0.703. The number of aromatic nitrogens is 3. The van der Waals surface area contributed by atoms with E-state index in [0.717, 1.165) is 32.0 Å². The standard InChI is InChI=1S/C17H20F3N5O2.ClH/c18-17(19,20)13-4-2-7-23-16(13)27-10-8-22-15(26)14-5-9-25(24-14)12-3-1-6-21-11-12;/h2,4-5,7,9,12,21H,1,3,6,8,10-11H2,(H,22,26);1H. The summed E-state index contributed by atoms with van der Waals surface area (Å²) in [6, 6.07) is 3.92. The number of rotatable bonds is 6. The molecule has 2 N–H and O–H groups in total. The van der Waals surface area contributed by atoms with E-state index in [9.17, 15) is 18.0 Å². The fraction of sp³-hybridized carbons (Fsp3) is 0.471. The van der Waals surface area contributed by atoms with Gasteiger partial charge in [-0.15, -0.1) is 12.4 Å². The molecule has 2 aromatic heterocycles. The maximum atomic E-state index is 12.9. The third kappa shape index (κ3) is 5.59. The van der Waals surface area contributed by atoms with Gasteiger partial charge in [-0.2, -0.15) is 18.3 Å². The van der Waals surface area contributed by atoms with Gasteiger partial charge < -0.3 is 15.4 Å². The van der Waals surface area contributed by atoms with Crippen LogP contribution in [-0.4, -0.2) is 46.9 Å². The molecule has 0 bridgehead atoms. The molecule has 1 saturated heterocycles. The minimum Gasteiger partial charge on any atom is -0.475 e.